The first kappa shape index (κ1) is 55.9. The molecule has 0 amide bonds. The molecule has 0 aromatic carbocycles. The van der Waals surface area contributed by atoms with E-state index in [9.17, 15) is 65.8 Å². The number of carbonyl (C=O) groups excluding carboxylic acids is 1. The van der Waals surface area contributed by atoms with Crippen LogP contribution in [-0.2, 0) is 28.5 Å². The number of hydrogen-bond donors (Lipinski definition) is 12. The summed E-state index contributed by atoms with van der Waals surface area (Å²) >= 11 is 0. The van der Waals surface area contributed by atoms with Crippen LogP contribution in [0.2, 0.25) is 0 Å². The third-order valence-corrected chi connectivity index (χ3v) is 12.0. The van der Waals surface area contributed by atoms with Gasteiger partial charge in [-0.05, 0) is 33.1 Å². The van der Waals surface area contributed by atoms with E-state index in [-0.39, 0.29) is 31.6 Å². The van der Waals surface area contributed by atoms with Gasteiger partial charge in [-0.3, -0.25) is 9.59 Å². The van der Waals surface area contributed by atoms with Gasteiger partial charge in [-0.15, -0.1) is 0 Å². The summed E-state index contributed by atoms with van der Waals surface area (Å²) in [6.07, 6.45) is 3.46. The minimum atomic E-state index is -2.33. The van der Waals surface area contributed by atoms with E-state index in [0.29, 0.717) is 0 Å². The molecule has 13 N–H and O–H groups in total. The van der Waals surface area contributed by atoms with Crippen LogP contribution < -0.4 is 5.73 Å². The van der Waals surface area contributed by atoms with Gasteiger partial charge in [0.05, 0.1) is 79.6 Å². The highest BCUT2D eigenvalue weighted by molar-refractivity contribution is 5.71. The number of ether oxygens (including phenoxy) is 4. The fourth-order valence-electron chi connectivity index (χ4n) is 7.97. The van der Waals surface area contributed by atoms with Gasteiger partial charge in [-0.25, -0.2) is 0 Å². The summed E-state index contributed by atoms with van der Waals surface area (Å²) in [5.41, 5.74) is 6.02. The summed E-state index contributed by atoms with van der Waals surface area (Å²) in [6.45, 7) is 6.74. The van der Waals surface area contributed by atoms with Crippen molar-refractivity contribution in [3.63, 3.8) is 0 Å². The number of aliphatic hydroxyl groups is 10. The van der Waals surface area contributed by atoms with Crippen molar-refractivity contribution in [3.05, 3.63) is 85.1 Å². The van der Waals surface area contributed by atoms with E-state index in [1.807, 2.05) is 19.1 Å². The molecule has 3 aliphatic heterocycles. The first-order chi connectivity index (χ1) is 30.6. The maximum atomic E-state index is 12.6. The average Bonchev–Trinajstić information content (AvgIpc) is 3.21. The van der Waals surface area contributed by atoms with Gasteiger partial charge in [0.25, 0.3) is 0 Å². The van der Waals surface area contributed by atoms with Crippen LogP contribution in [0.1, 0.15) is 79.1 Å². The van der Waals surface area contributed by atoms with Gasteiger partial charge in [-0.2, -0.15) is 0 Å². The lowest BCUT2D eigenvalue weighted by Crippen LogP contribution is -2.61. The number of rotatable bonds is 3. The van der Waals surface area contributed by atoms with E-state index >= 15 is 0 Å². The second kappa shape index (κ2) is 27.4. The molecule has 0 aromatic rings. The molecule has 0 spiro atoms. The second-order valence-corrected chi connectivity index (χ2v) is 17.6. The molecule has 3 heterocycles. The topological polar surface area (TPSA) is 320 Å². The van der Waals surface area contributed by atoms with Crippen LogP contribution in [0.4, 0.5) is 0 Å². The summed E-state index contributed by atoms with van der Waals surface area (Å²) in [7, 11) is 0. The third kappa shape index (κ3) is 18.6. The summed E-state index contributed by atoms with van der Waals surface area (Å²) in [5.74, 6) is -6.83. The first-order valence-electron chi connectivity index (χ1n) is 22.3. The maximum Gasteiger partial charge on any atom is 0.311 e. The number of carboxylic acids is 1. The Labute approximate surface area is 381 Å². The number of fused-ring (bicyclic) bond motifs is 2. The molecule has 0 radical (unpaired) electrons. The predicted molar refractivity (Wildman–Crippen MR) is 237 cm³/mol. The SMILES string of the molecule is C[C@@H]1[C@H](O)[C@@H](C)/C=C/C=C/C=C/C=C/C=C/C=C/C=C/[C@H](O[C@@H]2O[C@H](C)[C@@H](O)[C@H](N)C2O)CC2O[C@](O)(C[C@@H](O)C[C@@H](O)[C@H](O)CC[C@@H](O)C[C@@H](O)CC(=O)O[C@H]1C)C[C@H](O)[C@H]2C(=O)O. The van der Waals surface area contributed by atoms with Crippen molar-refractivity contribution in [1.29, 1.82) is 0 Å². The zero-order chi connectivity index (χ0) is 48.4. The molecule has 2 unspecified atom stereocenters. The Kier molecular flexibility index (Phi) is 23.6. The van der Waals surface area contributed by atoms with Crippen LogP contribution in [0.15, 0.2) is 85.1 Å². The van der Waals surface area contributed by atoms with Gasteiger partial charge >= 0.3 is 11.9 Å². The molecule has 0 saturated carbocycles. The van der Waals surface area contributed by atoms with Crippen LogP contribution in [0, 0.1) is 17.8 Å². The van der Waals surface area contributed by atoms with Gasteiger partial charge < -0.3 is 80.9 Å². The summed E-state index contributed by atoms with van der Waals surface area (Å²) < 4.78 is 23.1. The Morgan fingerprint density at radius 2 is 1.23 bits per heavy atom. The largest absolute Gasteiger partial charge is 0.481 e. The van der Waals surface area contributed by atoms with E-state index in [0.717, 1.165) is 0 Å². The van der Waals surface area contributed by atoms with Crippen molar-refractivity contribution < 1.29 is 84.7 Å². The molecule has 3 aliphatic rings. The highest BCUT2D eigenvalue weighted by Crippen LogP contribution is 2.38. The Bertz CT molecular complexity index is 1670. The number of aliphatic hydroxyl groups excluding tert-OH is 9. The number of hydrogen-bond acceptors (Lipinski definition) is 17. The lowest BCUT2D eigenvalue weighted by molar-refractivity contribution is -0.308. The minimum absolute atomic E-state index is 0.107. The Morgan fingerprint density at radius 1 is 0.662 bits per heavy atom. The smallest absolute Gasteiger partial charge is 0.311 e. The van der Waals surface area contributed by atoms with Crippen molar-refractivity contribution in [2.45, 2.75) is 177 Å². The summed E-state index contributed by atoms with van der Waals surface area (Å²) in [4.78, 5) is 25.1. The minimum Gasteiger partial charge on any atom is -0.481 e. The van der Waals surface area contributed by atoms with Crippen molar-refractivity contribution >= 4 is 11.9 Å². The average molecular weight is 924 g/mol. The van der Waals surface area contributed by atoms with Crippen LogP contribution in [0.25, 0.3) is 0 Å². The maximum absolute atomic E-state index is 12.6. The van der Waals surface area contributed by atoms with Crippen LogP contribution in [0.5, 0.6) is 0 Å². The standard InChI is InChI=1S/C47H73NO17/c1-27-17-15-13-11-9-7-5-6-8-10-12-14-16-18-34(64-46-44(58)41(48)43(57)30(4)63-46)24-38-40(45(59)60)37(54)26-47(61,65-38)25-33(51)22-36(53)35(52)20-19-31(49)21-32(50)23-39(55)62-29(3)28(2)42(27)56/h5-18,27-38,40-44,46,49-54,56-58,61H,19-26,48H2,1-4H3,(H,59,60)/b6-5+,9-7+,10-8+,13-11+,14-12+,17-15+,18-16+/t27-,28-,29-,30+,31+,32+,33-,34-,35+,36+,37-,38?,40+,41-,42+,43+,44?,46-,47+/m0/s1. The van der Waals surface area contributed by atoms with Gasteiger partial charge in [0.2, 0.25) is 0 Å². The molecule has 0 aromatic heterocycles. The molecular weight excluding hydrogens is 851 g/mol. The lowest BCUT2D eigenvalue weighted by atomic mass is 9.82. The fraction of sp³-hybridized carbons (Fsp3) is 0.660. The van der Waals surface area contributed by atoms with Crippen LogP contribution >= 0.6 is 0 Å². The number of cyclic esters (lactones) is 1. The second-order valence-electron chi connectivity index (χ2n) is 17.6. The van der Waals surface area contributed by atoms with E-state index in [2.05, 4.69) is 0 Å². The van der Waals surface area contributed by atoms with Crippen molar-refractivity contribution in [2.24, 2.45) is 23.5 Å². The molecule has 18 nitrogen and oxygen atoms in total. The molecule has 2 fully saturated rings. The van der Waals surface area contributed by atoms with Crippen molar-refractivity contribution in [1.82, 2.24) is 0 Å². The lowest BCUT2D eigenvalue weighted by Gasteiger charge is -2.45. The molecule has 2 saturated heterocycles. The highest BCUT2D eigenvalue weighted by Gasteiger charge is 2.51. The van der Waals surface area contributed by atoms with E-state index < -0.39 is 147 Å². The predicted octanol–water partition coefficient (Wildman–Crippen LogP) is 0.712. The van der Waals surface area contributed by atoms with Gasteiger partial charge in [-0.1, -0.05) is 98.9 Å². The summed E-state index contributed by atoms with van der Waals surface area (Å²) in [5, 5.41) is 118. The Morgan fingerprint density at radius 3 is 1.82 bits per heavy atom. The Balaban J connectivity index is 1.86. The molecule has 2 bridgehead atoms. The van der Waals surface area contributed by atoms with Crippen LogP contribution in [0.3, 0.4) is 0 Å². The molecule has 0 aliphatic carbocycles. The number of allylic oxidation sites excluding steroid dienone is 12. The van der Waals surface area contributed by atoms with Crippen molar-refractivity contribution in [2.75, 3.05) is 0 Å². The van der Waals surface area contributed by atoms with E-state index in [4.69, 9.17) is 24.7 Å². The molecule has 18 heteroatoms. The molecule has 65 heavy (non-hydrogen) atoms. The normalized spacial score (nSPS) is 45.5. The molecule has 3 rings (SSSR count). The quantitative estimate of drug-likeness (QED) is 0.174. The highest BCUT2D eigenvalue weighted by atomic mass is 16.7. The third-order valence-electron chi connectivity index (χ3n) is 12.0. The number of carbonyl (C=O) groups is 2. The van der Waals surface area contributed by atoms with E-state index in [1.165, 1.54) is 13.0 Å². The Hall–Kier alpha value is -3.44. The first-order valence-corrected chi connectivity index (χ1v) is 22.3. The van der Waals surface area contributed by atoms with Gasteiger partial charge in [0.1, 0.15) is 18.1 Å². The number of aliphatic carboxylic acids is 1. The zero-order valence-electron chi connectivity index (χ0n) is 37.6. The number of nitrogens with two attached hydrogens (primary N) is 1. The van der Waals surface area contributed by atoms with Gasteiger partial charge in [0.15, 0.2) is 12.1 Å². The monoisotopic (exact) mass is 923 g/mol. The van der Waals surface area contributed by atoms with E-state index in [1.54, 1.807) is 80.7 Å². The fourth-order valence-corrected chi connectivity index (χ4v) is 7.97. The molecule has 368 valence electrons. The van der Waals surface area contributed by atoms with Crippen molar-refractivity contribution in [3.8, 4) is 0 Å². The number of esters is 1. The molecular formula is C47H73NO17. The van der Waals surface area contributed by atoms with Crippen LogP contribution in [-0.4, -0.2) is 166 Å². The number of carboxylic acid groups (broad SMARTS) is 1. The summed E-state index contributed by atoms with van der Waals surface area (Å²) in [6, 6.07) is -1.15. The van der Waals surface area contributed by atoms with Gasteiger partial charge in [0, 0.05) is 37.5 Å². The molecule has 19 atom stereocenters. The zero-order valence-corrected chi connectivity index (χ0v) is 37.6.